The lowest BCUT2D eigenvalue weighted by molar-refractivity contribution is 0.573. The monoisotopic (exact) mass is 168 g/mol. The van der Waals surface area contributed by atoms with Gasteiger partial charge in [-0.1, -0.05) is 11.6 Å². The molecule has 1 aromatic rings. The van der Waals surface area contributed by atoms with E-state index in [9.17, 15) is 4.39 Å². The third kappa shape index (κ3) is 2.92. The molecule has 0 amide bonds. The Morgan fingerprint density at radius 2 is 1.73 bits per heavy atom. The summed E-state index contributed by atoms with van der Waals surface area (Å²) in [6.07, 6.45) is 0. The minimum atomic E-state index is -1.04. The van der Waals surface area contributed by atoms with Gasteiger partial charge in [0.25, 0.3) is 0 Å². The van der Waals surface area contributed by atoms with E-state index in [1.165, 1.54) is 12.1 Å². The molecule has 0 atom stereocenters. The summed E-state index contributed by atoms with van der Waals surface area (Å²) in [4.78, 5) is 0. The van der Waals surface area contributed by atoms with Gasteiger partial charge in [0.1, 0.15) is 5.82 Å². The number of hydrogen-bond acceptors (Lipinski definition) is 1. The van der Waals surface area contributed by atoms with Gasteiger partial charge in [-0.25, -0.2) is 4.39 Å². The maximum Gasteiger partial charge on any atom is 0.539 e. The molecule has 0 radical (unpaired) electrons. The molecule has 0 bridgehead atoms. The largest absolute Gasteiger partial charge is 0.643 e. The Morgan fingerprint density at radius 3 is 2.18 bits per heavy atom. The number of benzene rings is 1. The first-order valence-electron chi connectivity index (χ1n) is 3.60. The zero-order valence-corrected chi connectivity index (χ0v) is 7.83. The third-order valence-corrected chi connectivity index (χ3v) is 1.93. The first-order valence-corrected chi connectivity index (χ1v) is 6.39. The van der Waals surface area contributed by atoms with Crippen LogP contribution in [0.2, 0.25) is 11.6 Å². The third-order valence-electron chi connectivity index (χ3n) is 1.19. The van der Waals surface area contributed by atoms with Crippen LogP contribution in [-0.4, -0.2) is 14.5 Å². The highest BCUT2D eigenvalue weighted by atomic mass is 27.2. The molecular formula is C8H10AlFO. The standard InChI is InChI=1S/C6H5FO.2CH3.Al/c7-5-1-3-6(8)4-2-5;;;/h1-4,8H;2*1H3;/q;;;+1/p-1. The van der Waals surface area contributed by atoms with E-state index < -0.39 is 14.5 Å². The Morgan fingerprint density at radius 1 is 1.18 bits per heavy atom. The van der Waals surface area contributed by atoms with E-state index in [0.29, 0.717) is 0 Å². The van der Waals surface area contributed by atoms with E-state index in [2.05, 4.69) is 11.6 Å². The van der Waals surface area contributed by atoms with Crippen LogP contribution in [0.25, 0.3) is 0 Å². The average molecular weight is 168 g/mol. The maximum absolute atomic E-state index is 12.4. The Hall–Kier alpha value is -0.518. The molecule has 0 spiro atoms. The molecule has 0 saturated carbocycles. The van der Waals surface area contributed by atoms with Gasteiger partial charge in [-0.3, -0.25) is 0 Å². The molecule has 11 heavy (non-hydrogen) atoms. The molecule has 58 valence electrons. The first kappa shape index (κ1) is 8.58. The van der Waals surface area contributed by atoms with E-state index in [-0.39, 0.29) is 5.82 Å². The summed E-state index contributed by atoms with van der Waals surface area (Å²) in [5.41, 5.74) is 0. The van der Waals surface area contributed by atoms with Crippen LogP contribution in [0.1, 0.15) is 0 Å². The summed E-state index contributed by atoms with van der Waals surface area (Å²) in [6, 6.07) is 6.13. The fraction of sp³-hybridized carbons (Fsp3) is 0.250. The molecule has 0 heterocycles. The summed E-state index contributed by atoms with van der Waals surface area (Å²) in [6.45, 7) is 0. The lowest BCUT2D eigenvalue weighted by Gasteiger charge is -2.06. The van der Waals surface area contributed by atoms with Crippen LogP contribution >= 0.6 is 0 Å². The van der Waals surface area contributed by atoms with Gasteiger partial charge in [0.05, 0.1) is 5.75 Å². The van der Waals surface area contributed by atoms with E-state index >= 15 is 0 Å². The number of halogens is 1. The smallest absolute Gasteiger partial charge is 0.539 e. The van der Waals surface area contributed by atoms with Crippen LogP contribution in [0.5, 0.6) is 5.75 Å². The van der Waals surface area contributed by atoms with E-state index in [1.54, 1.807) is 12.1 Å². The van der Waals surface area contributed by atoms with Crippen molar-refractivity contribution in [3.8, 4) is 5.75 Å². The van der Waals surface area contributed by atoms with E-state index in [1.807, 2.05) is 0 Å². The van der Waals surface area contributed by atoms with Crippen LogP contribution in [0.3, 0.4) is 0 Å². The van der Waals surface area contributed by atoms with Crippen molar-refractivity contribution in [2.75, 3.05) is 0 Å². The zero-order chi connectivity index (χ0) is 8.27. The molecule has 1 rings (SSSR count). The molecule has 0 aliphatic heterocycles. The number of hydrogen-bond donors (Lipinski definition) is 0. The SMILES string of the molecule is [CH3][Al]([CH3])[O]c1ccc(F)cc1. The van der Waals surface area contributed by atoms with Gasteiger partial charge in [0, 0.05) is 0 Å². The van der Waals surface area contributed by atoms with Gasteiger partial charge in [0.15, 0.2) is 0 Å². The summed E-state index contributed by atoms with van der Waals surface area (Å²) in [5.74, 6) is 4.70. The van der Waals surface area contributed by atoms with Crippen LogP contribution in [0, 0.1) is 5.82 Å². The Labute approximate surface area is 70.5 Å². The maximum atomic E-state index is 12.4. The molecule has 1 aromatic carbocycles. The Balaban J connectivity index is 2.66. The van der Waals surface area contributed by atoms with E-state index in [4.69, 9.17) is 3.79 Å². The number of rotatable bonds is 2. The summed E-state index contributed by atoms with van der Waals surface area (Å²) in [7, 11) is 0. The van der Waals surface area contributed by atoms with Gasteiger partial charge in [-0.05, 0) is 24.3 Å². The second-order valence-electron chi connectivity index (χ2n) is 2.62. The van der Waals surface area contributed by atoms with Gasteiger partial charge in [-0.2, -0.15) is 0 Å². The fourth-order valence-electron chi connectivity index (χ4n) is 0.785. The molecule has 0 unspecified atom stereocenters. The molecule has 3 heteroatoms. The summed E-state index contributed by atoms with van der Waals surface area (Å²) < 4.78 is 17.8. The van der Waals surface area contributed by atoms with Crippen molar-refractivity contribution in [2.24, 2.45) is 0 Å². The minimum Gasteiger partial charge on any atom is -0.643 e. The van der Waals surface area contributed by atoms with Gasteiger partial charge < -0.3 is 3.79 Å². The van der Waals surface area contributed by atoms with Crippen molar-refractivity contribution in [3.05, 3.63) is 30.1 Å². The lowest BCUT2D eigenvalue weighted by atomic mass is 10.3. The zero-order valence-electron chi connectivity index (χ0n) is 6.67. The molecule has 1 nitrogen and oxygen atoms in total. The van der Waals surface area contributed by atoms with Crippen molar-refractivity contribution in [3.63, 3.8) is 0 Å². The normalized spacial score (nSPS) is 9.36. The molecule has 0 aliphatic rings. The van der Waals surface area contributed by atoms with Gasteiger partial charge in [0.2, 0.25) is 0 Å². The van der Waals surface area contributed by atoms with Crippen molar-refractivity contribution in [2.45, 2.75) is 11.6 Å². The van der Waals surface area contributed by atoms with Crippen molar-refractivity contribution >= 4 is 14.5 Å². The molecule has 0 fully saturated rings. The minimum absolute atomic E-state index is 0.220. The van der Waals surface area contributed by atoms with Crippen LogP contribution in [-0.2, 0) is 0 Å². The molecule has 0 N–H and O–H groups in total. The topological polar surface area (TPSA) is 9.23 Å². The van der Waals surface area contributed by atoms with Crippen LogP contribution < -0.4 is 3.79 Å². The quantitative estimate of drug-likeness (QED) is 0.616. The average Bonchev–Trinajstić information content (AvgIpc) is 1.93. The second kappa shape index (κ2) is 3.75. The van der Waals surface area contributed by atoms with Crippen molar-refractivity contribution in [1.82, 2.24) is 0 Å². The Bertz CT molecular complexity index is 220. The molecule has 0 aromatic heterocycles. The summed E-state index contributed by atoms with van der Waals surface area (Å²) >= 11 is -1.04. The molecule has 0 aliphatic carbocycles. The van der Waals surface area contributed by atoms with Crippen molar-refractivity contribution in [1.29, 1.82) is 0 Å². The first-order chi connectivity index (χ1) is 5.18. The van der Waals surface area contributed by atoms with Crippen molar-refractivity contribution < 1.29 is 8.18 Å². The highest BCUT2D eigenvalue weighted by Gasteiger charge is 2.05. The second-order valence-corrected chi connectivity index (χ2v) is 4.95. The van der Waals surface area contributed by atoms with Gasteiger partial charge >= 0.3 is 14.5 Å². The lowest BCUT2D eigenvalue weighted by Crippen LogP contribution is -2.10. The molecule has 0 saturated heterocycles. The van der Waals surface area contributed by atoms with Crippen LogP contribution in [0.4, 0.5) is 4.39 Å². The van der Waals surface area contributed by atoms with E-state index in [0.717, 1.165) is 5.75 Å². The predicted octanol–water partition coefficient (Wildman–Crippen LogP) is 2.46. The highest BCUT2D eigenvalue weighted by molar-refractivity contribution is 6.49. The Kier molecular flexibility index (Phi) is 2.93. The van der Waals surface area contributed by atoms with Gasteiger partial charge in [-0.15, -0.1) is 0 Å². The summed E-state index contributed by atoms with van der Waals surface area (Å²) in [5, 5.41) is 0. The van der Waals surface area contributed by atoms with Crippen LogP contribution in [0.15, 0.2) is 24.3 Å². The molecular weight excluding hydrogens is 158 g/mol. The fourth-order valence-corrected chi connectivity index (χ4v) is 1.49. The highest BCUT2D eigenvalue weighted by Crippen LogP contribution is 2.11. The predicted molar refractivity (Wildman–Crippen MR) is 44.5 cm³/mol.